The van der Waals surface area contributed by atoms with Crippen LogP contribution < -0.4 is 10.6 Å². The number of carbonyl (C=O) groups excluding carboxylic acids is 2. The summed E-state index contributed by atoms with van der Waals surface area (Å²) in [7, 11) is 4.03. The Morgan fingerprint density at radius 2 is 1.76 bits per heavy atom. The summed E-state index contributed by atoms with van der Waals surface area (Å²) in [5, 5.41) is 5.89. The monoisotopic (exact) mass is 347 g/mol. The van der Waals surface area contributed by atoms with Crippen molar-refractivity contribution in [1.82, 2.24) is 15.5 Å². The van der Waals surface area contributed by atoms with Crippen molar-refractivity contribution in [2.75, 3.05) is 27.2 Å². The molecule has 2 N–H and O–H groups in total. The van der Waals surface area contributed by atoms with Gasteiger partial charge in [0, 0.05) is 18.7 Å². The van der Waals surface area contributed by atoms with Crippen LogP contribution in [0.1, 0.15) is 43.6 Å². The second-order valence-corrected chi connectivity index (χ2v) is 8.13. The molecule has 0 heterocycles. The van der Waals surface area contributed by atoms with Gasteiger partial charge in [-0.05, 0) is 44.0 Å². The van der Waals surface area contributed by atoms with Crippen LogP contribution in [0.5, 0.6) is 0 Å². The molecule has 1 aromatic carbocycles. The van der Waals surface area contributed by atoms with E-state index < -0.39 is 6.04 Å². The van der Waals surface area contributed by atoms with Crippen LogP contribution in [0, 0.1) is 18.3 Å². The minimum Gasteiger partial charge on any atom is -0.354 e. The molecule has 1 unspecified atom stereocenters. The molecule has 0 saturated carbocycles. The quantitative estimate of drug-likeness (QED) is 0.759. The van der Waals surface area contributed by atoms with Gasteiger partial charge in [-0.25, -0.2) is 0 Å². The number of nitrogens with zero attached hydrogens (tertiary/aromatic N) is 1. The van der Waals surface area contributed by atoms with Crippen LogP contribution in [-0.2, 0) is 4.79 Å². The van der Waals surface area contributed by atoms with E-state index in [1.807, 2.05) is 53.1 Å². The molecular formula is C20H33N3O2. The van der Waals surface area contributed by atoms with Crippen molar-refractivity contribution < 1.29 is 9.59 Å². The number of benzene rings is 1. The first-order valence-electron chi connectivity index (χ1n) is 8.82. The maximum atomic E-state index is 12.6. The summed E-state index contributed by atoms with van der Waals surface area (Å²) in [6, 6.07) is 6.84. The Labute approximate surface area is 152 Å². The van der Waals surface area contributed by atoms with Crippen molar-refractivity contribution in [3.63, 3.8) is 0 Å². The lowest BCUT2D eigenvalue weighted by atomic mass is 9.92. The first-order valence-corrected chi connectivity index (χ1v) is 8.82. The number of carbonyl (C=O) groups is 2. The van der Waals surface area contributed by atoms with Gasteiger partial charge in [-0.15, -0.1) is 0 Å². The summed E-state index contributed by atoms with van der Waals surface area (Å²) < 4.78 is 0. The Kier molecular flexibility index (Phi) is 7.61. The molecule has 0 aliphatic carbocycles. The van der Waals surface area contributed by atoms with Gasteiger partial charge in [0.2, 0.25) is 5.91 Å². The minimum absolute atomic E-state index is 0.00456. The molecule has 2 amide bonds. The van der Waals surface area contributed by atoms with E-state index in [0.29, 0.717) is 12.1 Å². The van der Waals surface area contributed by atoms with Crippen molar-refractivity contribution in [1.29, 1.82) is 0 Å². The molecule has 0 aliphatic rings. The molecule has 25 heavy (non-hydrogen) atoms. The normalized spacial score (nSPS) is 13.0. The second kappa shape index (κ2) is 8.99. The van der Waals surface area contributed by atoms with Crippen LogP contribution in [-0.4, -0.2) is 49.9 Å². The van der Waals surface area contributed by atoms with Crippen molar-refractivity contribution in [3.05, 3.63) is 35.4 Å². The van der Waals surface area contributed by atoms with Crippen molar-refractivity contribution >= 4 is 11.8 Å². The Hall–Kier alpha value is -1.88. The summed E-state index contributed by atoms with van der Waals surface area (Å²) in [5.74, 6) is -0.340. The number of aryl methyl sites for hydroxylation is 1. The van der Waals surface area contributed by atoms with Gasteiger partial charge >= 0.3 is 0 Å². The number of rotatable bonds is 8. The summed E-state index contributed by atoms with van der Waals surface area (Å²) in [6.07, 6.45) is 0. The van der Waals surface area contributed by atoms with Crippen LogP contribution >= 0.6 is 0 Å². The van der Waals surface area contributed by atoms with Gasteiger partial charge in [0.15, 0.2) is 0 Å². The molecule has 1 rings (SSSR count). The zero-order valence-electron chi connectivity index (χ0n) is 16.6. The first-order chi connectivity index (χ1) is 11.5. The molecule has 0 fully saturated rings. The Bertz CT molecular complexity index is 594. The van der Waals surface area contributed by atoms with E-state index in [1.165, 1.54) is 0 Å². The van der Waals surface area contributed by atoms with Crippen LogP contribution in [0.15, 0.2) is 24.3 Å². The average molecular weight is 348 g/mol. The standard InChI is InChI=1S/C20H33N3O2/c1-14(2)17(19(25)21-12-20(4,5)13-23(6)7)22-18(24)16-11-9-8-10-15(16)3/h8-11,14,17H,12-13H2,1-7H3,(H,21,25)(H,22,24). The largest absolute Gasteiger partial charge is 0.354 e. The Morgan fingerprint density at radius 3 is 2.28 bits per heavy atom. The number of hydrogen-bond donors (Lipinski definition) is 2. The third-order valence-corrected chi connectivity index (χ3v) is 4.11. The zero-order valence-corrected chi connectivity index (χ0v) is 16.6. The summed E-state index contributed by atoms with van der Waals surface area (Å²) in [6.45, 7) is 11.4. The summed E-state index contributed by atoms with van der Waals surface area (Å²) in [4.78, 5) is 27.3. The van der Waals surface area contributed by atoms with Gasteiger partial charge < -0.3 is 15.5 Å². The van der Waals surface area contributed by atoms with Gasteiger partial charge in [0.1, 0.15) is 6.04 Å². The number of nitrogens with one attached hydrogen (secondary N) is 2. The van der Waals surface area contributed by atoms with Gasteiger partial charge in [-0.1, -0.05) is 45.9 Å². The highest BCUT2D eigenvalue weighted by Gasteiger charge is 2.27. The third-order valence-electron chi connectivity index (χ3n) is 4.11. The second-order valence-electron chi connectivity index (χ2n) is 8.13. The van der Waals surface area contributed by atoms with E-state index in [4.69, 9.17) is 0 Å². The topological polar surface area (TPSA) is 61.4 Å². The molecule has 5 nitrogen and oxygen atoms in total. The van der Waals surface area contributed by atoms with Crippen LogP contribution in [0.25, 0.3) is 0 Å². The molecule has 140 valence electrons. The predicted octanol–water partition coefficient (Wildman–Crippen LogP) is 2.45. The molecule has 1 aromatic rings. The highest BCUT2D eigenvalue weighted by molar-refractivity contribution is 5.98. The number of hydrogen-bond acceptors (Lipinski definition) is 3. The fourth-order valence-corrected chi connectivity index (χ4v) is 2.93. The molecular weight excluding hydrogens is 314 g/mol. The van der Waals surface area contributed by atoms with Crippen molar-refractivity contribution in [3.8, 4) is 0 Å². The minimum atomic E-state index is -0.553. The molecule has 0 aliphatic heterocycles. The number of amides is 2. The molecule has 0 spiro atoms. The molecule has 5 heteroatoms. The maximum Gasteiger partial charge on any atom is 0.252 e. The lowest BCUT2D eigenvalue weighted by molar-refractivity contribution is -0.124. The fraction of sp³-hybridized carbons (Fsp3) is 0.600. The summed E-state index contributed by atoms with van der Waals surface area (Å²) in [5.41, 5.74) is 1.46. The van der Waals surface area contributed by atoms with Crippen molar-refractivity contribution in [2.24, 2.45) is 11.3 Å². The Morgan fingerprint density at radius 1 is 1.16 bits per heavy atom. The molecule has 0 radical (unpaired) electrons. The molecule has 0 aromatic heterocycles. The maximum absolute atomic E-state index is 12.6. The average Bonchev–Trinajstić information content (AvgIpc) is 2.49. The fourth-order valence-electron chi connectivity index (χ4n) is 2.93. The highest BCUT2D eigenvalue weighted by Crippen LogP contribution is 2.15. The van der Waals surface area contributed by atoms with E-state index in [9.17, 15) is 9.59 Å². The summed E-state index contributed by atoms with van der Waals surface area (Å²) >= 11 is 0. The lowest BCUT2D eigenvalue weighted by Crippen LogP contribution is -2.52. The van der Waals surface area contributed by atoms with Gasteiger partial charge in [0.25, 0.3) is 5.91 Å². The van der Waals surface area contributed by atoms with Crippen LogP contribution in [0.4, 0.5) is 0 Å². The SMILES string of the molecule is Cc1ccccc1C(=O)NC(C(=O)NCC(C)(C)CN(C)C)C(C)C. The molecule has 0 saturated heterocycles. The Balaban J connectivity index is 2.75. The van der Waals surface area contributed by atoms with E-state index in [1.54, 1.807) is 6.07 Å². The molecule has 1 atom stereocenters. The third kappa shape index (κ3) is 6.86. The van der Waals surface area contributed by atoms with Gasteiger partial charge in [-0.2, -0.15) is 0 Å². The van der Waals surface area contributed by atoms with E-state index in [0.717, 1.165) is 12.1 Å². The van der Waals surface area contributed by atoms with Crippen LogP contribution in [0.3, 0.4) is 0 Å². The van der Waals surface area contributed by atoms with Crippen LogP contribution in [0.2, 0.25) is 0 Å². The zero-order chi connectivity index (χ0) is 19.2. The first kappa shape index (κ1) is 21.2. The smallest absolute Gasteiger partial charge is 0.252 e. The van der Waals surface area contributed by atoms with E-state index >= 15 is 0 Å². The van der Waals surface area contributed by atoms with E-state index in [2.05, 4.69) is 29.4 Å². The van der Waals surface area contributed by atoms with Gasteiger partial charge in [-0.3, -0.25) is 9.59 Å². The molecule has 0 bridgehead atoms. The van der Waals surface area contributed by atoms with Crippen molar-refractivity contribution in [2.45, 2.75) is 40.7 Å². The highest BCUT2D eigenvalue weighted by atomic mass is 16.2. The van der Waals surface area contributed by atoms with Gasteiger partial charge in [0.05, 0.1) is 0 Å². The lowest BCUT2D eigenvalue weighted by Gasteiger charge is -2.30. The predicted molar refractivity (Wildman–Crippen MR) is 103 cm³/mol. The van der Waals surface area contributed by atoms with E-state index in [-0.39, 0.29) is 23.1 Å².